The maximum Gasteiger partial charge on any atom is 0.225 e. The molecular formula is C13H22N2O3. The second-order valence-electron chi connectivity index (χ2n) is 5.27. The average Bonchev–Trinajstić information content (AvgIpc) is 3.22. The van der Waals surface area contributed by atoms with Gasteiger partial charge >= 0.3 is 0 Å². The summed E-state index contributed by atoms with van der Waals surface area (Å²) in [6.07, 6.45) is 4.39. The first-order chi connectivity index (χ1) is 8.72. The van der Waals surface area contributed by atoms with E-state index in [4.69, 9.17) is 5.11 Å². The van der Waals surface area contributed by atoms with Crippen LogP contribution < -0.4 is 5.32 Å². The third-order valence-electron chi connectivity index (χ3n) is 3.66. The Bertz CT molecular complexity index is 315. The zero-order valence-electron chi connectivity index (χ0n) is 10.7. The molecule has 1 aliphatic carbocycles. The van der Waals surface area contributed by atoms with Crippen molar-refractivity contribution in [2.75, 3.05) is 26.2 Å². The number of carbonyl (C=O) groups excluding carboxylic acids is 2. The fraction of sp³-hybridized carbons (Fsp3) is 0.846. The Balaban J connectivity index is 1.78. The highest BCUT2D eigenvalue weighted by Gasteiger charge is 2.36. The highest BCUT2D eigenvalue weighted by molar-refractivity contribution is 5.83. The Hall–Kier alpha value is -1.10. The second-order valence-corrected chi connectivity index (χ2v) is 5.27. The minimum absolute atomic E-state index is 0.0248. The average molecular weight is 254 g/mol. The Morgan fingerprint density at radius 2 is 2.00 bits per heavy atom. The van der Waals surface area contributed by atoms with Crippen LogP contribution in [0, 0.1) is 11.8 Å². The molecule has 0 aromatic carbocycles. The monoisotopic (exact) mass is 254 g/mol. The number of aliphatic hydroxyl groups is 1. The molecule has 0 radical (unpaired) electrons. The number of hydrogen-bond donors (Lipinski definition) is 2. The largest absolute Gasteiger partial charge is 0.396 e. The number of rotatable bonds is 5. The highest BCUT2D eigenvalue weighted by atomic mass is 16.3. The van der Waals surface area contributed by atoms with E-state index in [1.165, 1.54) is 0 Å². The minimum Gasteiger partial charge on any atom is -0.396 e. The number of hydrogen-bond acceptors (Lipinski definition) is 3. The van der Waals surface area contributed by atoms with Crippen LogP contribution in [0.4, 0.5) is 0 Å². The molecule has 0 aromatic rings. The van der Waals surface area contributed by atoms with Gasteiger partial charge in [-0.15, -0.1) is 0 Å². The first-order valence-corrected chi connectivity index (χ1v) is 6.89. The molecule has 18 heavy (non-hydrogen) atoms. The summed E-state index contributed by atoms with van der Waals surface area (Å²) >= 11 is 0. The number of nitrogens with zero attached hydrogens (tertiary/aromatic N) is 1. The number of amides is 2. The molecular weight excluding hydrogens is 232 g/mol. The first-order valence-electron chi connectivity index (χ1n) is 6.89. The van der Waals surface area contributed by atoms with E-state index >= 15 is 0 Å². The van der Waals surface area contributed by atoms with Crippen molar-refractivity contribution in [3.63, 3.8) is 0 Å². The van der Waals surface area contributed by atoms with Gasteiger partial charge in [0.2, 0.25) is 11.8 Å². The van der Waals surface area contributed by atoms with Crippen molar-refractivity contribution < 1.29 is 14.7 Å². The number of piperidine rings is 1. The van der Waals surface area contributed by atoms with Crippen LogP contribution in [0.5, 0.6) is 0 Å². The van der Waals surface area contributed by atoms with Crippen LogP contribution in [0.1, 0.15) is 32.1 Å². The fourth-order valence-corrected chi connectivity index (χ4v) is 2.41. The van der Waals surface area contributed by atoms with Crippen molar-refractivity contribution in [1.29, 1.82) is 0 Å². The van der Waals surface area contributed by atoms with E-state index in [1.54, 1.807) is 0 Å². The van der Waals surface area contributed by atoms with Crippen molar-refractivity contribution in [3.8, 4) is 0 Å². The van der Waals surface area contributed by atoms with Gasteiger partial charge in [0, 0.05) is 32.2 Å². The van der Waals surface area contributed by atoms with Gasteiger partial charge < -0.3 is 15.3 Å². The summed E-state index contributed by atoms with van der Waals surface area (Å²) in [6.45, 7) is 1.98. The van der Waals surface area contributed by atoms with Gasteiger partial charge in [-0.3, -0.25) is 9.59 Å². The van der Waals surface area contributed by atoms with Gasteiger partial charge in [0.15, 0.2) is 0 Å². The molecule has 2 aliphatic rings. The molecule has 2 N–H and O–H groups in total. The summed E-state index contributed by atoms with van der Waals surface area (Å²) in [6, 6.07) is 0. The quantitative estimate of drug-likeness (QED) is 0.685. The number of aliphatic hydroxyl groups excluding tert-OH is 1. The van der Waals surface area contributed by atoms with Crippen LogP contribution in [-0.4, -0.2) is 48.1 Å². The lowest BCUT2D eigenvalue weighted by atomic mass is 9.96. The molecule has 1 atom stereocenters. The molecule has 1 heterocycles. The van der Waals surface area contributed by atoms with Gasteiger partial charge in [-0.2, -0.15) is 0 Å². The molecule has 1 aliphatic heterocycles. The van der Waals surface area contributed by atoms with Crippen molar-refractivity contribution in [1.82, 2.24) is 10.2 Å². The third kappa shape index (κ3) is 3.45. The van der Waals surface area contributed by atoms with Gasteiger partial charge in [-0.1, -0.05) is 0 Å². The molecule has 5 nitrogen and oxygen atoms in total. The standard InChI is InChI=1S/C13H22N2O3/c16-8-2-6-14-12(17)11-3-1-7-15(9-11)13(18)10-4-5-10/h10-11,16H,1-9H2,(H,14,17). The molecule has 2 amide bonds. The first kappa shape index (κ1) is 13.3. The van der Waals surface area contributed by atoms with E-state index in [9.17, 15) is 9.59 Å². The van der Waals surface area contributed by atoms with E-state index in [-0.39, 0.29) is 30.3 Å². The fourth-order valence-electron chi connectivity index (χ4n) is 2.41. The maximum atomic E-state index is 12.0. The molecule has 0 spiro atoms. The summed E-state index contributed by atoms with van der Waals surface area (Å²) in [7, 11) is 0. The summed E-state index contributed by atoms with van der Waals surface area (Å²) < 4.78 is 0. The predicted molar refractivity (Wildman–Crippen MR) is 66.7 cm³/mol. The van der Waals surface area contributed by atoms with Crippen LogP contribution in [0.3, 0.4) is 0 Å². The molecule has 0 aromatic heterocycles. The maximum absolute atomic E-state index is 12.0. The topological polar surface area (TPSA) is 69.6 Å². The zero-order chi connectivity index (χ0) is 13.0. The van der Waals surface area contributed by atoms with Crippen molar-refractivity contribution >= 4 is 11.8 Å². The lowest BCUT2D eigenvalue weighted by Gasteiger charge is -2.32. The lowest BCUT2D eigenvalue weighted by molar-refractivity contribution is -0.136. The summed E-state index contributed by atoms with van der Waals surface area (Å²) in [5.74, 6) is 0.431. The highest BCUT2D eigenvalue weighted by Crippen LogP contribution is 2.32. The number of nitrogens with one attached hydrogen (secondary N) is 1. The Kier molecular flexibility index (Phi) is 4.58. The van der Waals surface area contributed by atoms with Crippen molar-refractivity contribution in [2.24, 2.45) is 11.8 Å². The summed E-state index contributed by atoms with van der Waals surface area (Å²) in [4.78, 5) is 25.7. The smallest absolute Gasteiger partial charge is 0.225 e. The Labute approximate surface area is 108 Å². The second kappa shape index (κ2) is 6.18. The molecule has 2 fully saturated rings. The Morgan fingerprint density at radius 3 is 2.67 bits per heavy atom. The SMILES string of the molecule is O=C(NCCCO)C1CCCN(C(=O)C2CC2)C1. The van der Waals surface area contributed by atoms with Gasteiger partial charge in [-0.05, 0) is 32.1 Å². The Morgan fingerprint density at radius 1 is 1.22 bits per heavy atom. The van der Waals surface area contributed by atoms with Crippen molar-refractivity contribution in [3.05, 3.63) is 0 Å². The van der Waals surface area contributed by atoms with E-state index in [1.807, 2.05) is 4.90 Å². The molecule has 1 saturated heterocycles. The minimum atomic E-state index is -0.0693. The van der Waals surface area contributed by atoms with E-state index in [0.29, 0.717) is 19.5 Å². The van der Waals surface area contributed by atoms with Gasteiger partial charge in [0.05, 0.1) is 5.92 Å². The molecule has 1 unspecified atom stereocenters. The van der Waals surface area contributed by atoms with Gasteiger partial charge in [0.1, 0.15) is 0 Å². The normalized spacial score (nSPS) is 23.8. The van der Waals surface area contributed by atoms with Crippen molar-refractivity contribution in [2.45, 2.75) is 32.1 Å². The van der Waals surface area contributed by atoms with E-state index in [0.717, 1.165) is 32.2 Å². The van der Waals surface area contributed by atoms with E-state index in [2.05, 4.69) is 5.32 Å². The summed E-state index contributed by atoms with van der Waals surface area (Å²) in [5, 5.41) is 11.5. The molecule has 2 rings (SSSR count). The van der Waals surface area contributed by atoms with E-state index < -0.39 is 0 Å². The molecule has 102 valence electrons. The summed E-state index contributed by atoms with van der Waals surface area (Å²) in [5.41, 5.74) is 0. The molecule has 1 saturated carbocycles. The number of likely N-dealkylation sites (tertiary alicyclic amines) is 1. The van der Waals surface area contributed by atoms with Crippen LogP contribution >= 0.6 is 0 Å². The molecule has 5 heteroatoms. The zero-order valence-corrected chi connectivity index (χ0v) is 10.7. The van der Waals surface area contributed by atoms with Crippen LogP contribution in [-0.2, 0) is 9.59 Å². The van der Waals surface area contributed by atoms with Gasteiger partial charge in [0.25, 0.3) is 0 Å². The number of carbonyl (C=O) groups is 2. The van der Waals surface area contributed by atoms with Crippen LogP contribution in [0.25, 0.3) is 0 Å². The van der Waals surface area contributed by atoms with Gasteiger partial charge in [-0.25, -0.2) is 0 Å². The third-order valence-corrected chi connectivity index (χ3v) is 3.66. The predicted octanol–water partition coefficient (Wildman–Crippen LogP) is 0.134. The van der Waals surface area contributed by atoms with Crippen LogP contribution in [0.2, 0.25) is 0 Å². The van der Waals surface area contributed by atoms with Crippen LogP contribution in [0.15, 0.2) is 0 Å². The molecule has 0 bridgehead atoms. The lowest BCUT2D eigenvalue weighted by Crippen LogP contribution is -2.46.